The lowest BCUT2D eigenvalue weighted by molar-refractivity contribution is -0.767. The van der Waals surface area contributed by atoms with Crippen molar-refractivity contribution >= 4 is 11.8 Å². The Morgan fingerprint density at radius 3 is 0.978 bits per heavy atom. The largest absolute Gasteiger partial charge is 0.321 e. The molecule has 0 radical (unpaired) electrons. The molecule has 0 rings (SSSR count). The first-order chi connectivity index (χ1) is 22.1. The van der Waals surface area contributed by atoms with Crippen molar-refractivity contribution in [1.29, 1.82) is 0 Å². The van der Waals surface area contributed by atoms with Gasteiger partial charge in [0.25, 0.3) is 0 Å². The molecule has 0 fully saturated rings. The minimum Gasteiger partial charge on any atom is -0.230 e. The van der Waals surface area contributed by atoms with E-state index in [0.717, 1.165) is 51.4 Å². The molecular formula is C42H76NO2+. The van der Waals surface area contributed by atoms with E-state index < -0.39 is 0 Å². The zero-order valence-corrected chi connectivity index (χ0v) is 30.4. The highest BCUT2D eigenvalue weighted by atomic mass is 16.2. The summed E-state index contributed by atoms with van der Waals surface area (Å²) in [5.74, 6) is 0.0929. The molecular weight excluding hydrogens is 550 g/mol. The molecule has 0 atom stereocenters. The van der Waals surface area contributed by atoms with Crippen LogP contribution in [0, 0.1) is 0 Å². The van der Waals surface area contributed by atoms with Gasteiger partial charge >= 0.3 is 11.8 Å². The van der Waals surface area contributed by atoms with Gasteiger partial charge in [0.15, 0.2) is 0 Å². The Bertz CT molecular complexity index is 701. The molecule has 0 aromatic heterocycles. The van der Waals surface area contributed by atoms with Crippen LogP contribution in [0.25, 0.3) is 0 Å². The summed E-state index contributed by atoms with van der Waals surface area (Å²) in [5.41, 5.74) is 0. The van der Waals surface area contributed by atoms with Crippen molar-refractivity contribution in [2.24, 2.45) is 0 Å². The third kappa shape index (κ3) is 25.1. The Morgan fingerprint density at radius 1 is 0.422 bits per heavy atom. The molecule has 3 heteroatoms. The van der Waals surface area contributed by atoms with E-state index in [9.17, 15) is 9.59 Å². The van der Waals surface area contributed by atoms with Crippen molar-refractivity contribution in [1.82, 2.24) is 0 Å². The fraction of sp³-hybridized carbons (Fsp3) is 0.762. The number of allylic oxidation sites excluding steroid dienone is 4. The predicted molar refractivity (Wildman–Crippen MR) is 199 cm³/mol. The number of rotatable bonds is 34. The monoisotopic (exact) mass is 627 g/mol. The molecule has 0 unspecified atom stereocenters. The summed E-state index contributed by atoms with van der Waals surface area (Å²) >= 11 is 0. The SMILES string of the molecule is C=CC[N+](CC=C)(C(=O)CCCCCCCC=CCCCCCCCC)C(=O)CCCCCCCC=CCCCCCCCC. The number of unbranched alkanes of at least 4 members (excludes halogenated alkanes) is 22. The highest BCUT2D eigenvalue weighted by Crippen LogP contribution is 2.20. The van der Waals surface area contributed by atoms with Gasteiger partial charge in [-0.1, -0.05) is 154 Å². The van der Waals surface area contributed by atoms with Gasteiger partial charge in [0, 0.05) is 0 Å². The summed E-state index contributed by atoms with van der Waals surface area (Å²) in [6.07, 6.45) is 46.0. The molecule has 0 aliphatic carbocycles. The number of amides is 2. The third-order valence-corrected chi connectivity index (χ3v) is 9.14. The summed E-state index contributed by atoms with van der Waals surface area (Å²) in [4.78, 5) is 26.8. The Kier molecular flexibility index (Phi) is 32.3. The molecule has 0 heterocycles. The first-order valence-corrected chi connectivity index (χ1v) is 19.5. The second kappa shape index (κ2) is 33.6. The number of nitrogens with zero attached hydrogens (tertiary/aromatic N) is 1. The van der Waals surface area contributed by atoms with E-state index in [-0.39, 0.29) is 16.3 Å². The minimum atomic E-state index is -0.125. The van der Waals surface area contributed by atoms with Crippen LogP contribution < -0.4 is 0 Å². The molecule has 2 amide bonds. The fourth-order valence-corrected chi connectivity index (χ4v) is 6.18. The van der Waals surface area contributed by atoms with Crippen LogP contribution in [-0.2, 0) is 9.59 Å². The Balaban J connectivity index is 4.15. The Hall–Kier alpha value is -1.74. The second-order valence-corrected chi connectivity index (χ2v) is 13.4. The van der Waals surface area contributed by atoms with E-state index in [1.807, 2.05) is 0 Å². The van der Waals surface area contributed by atoms with Gasteiger partial charge in [-0.3, -0.25) is 0 Å². The van der Waals surface area contributed by atoms with Gasteiger partial charge < -0.3 is 0 Å². The van der Waals surface area contributed by atoms with Crippen molar-refractivity contribution in [2.45, 2.75) is 194 Å². The summed E-state index contributed by atoms with van der Waals surface area (Å²) < 4.78 is -0.125. The van der Waals surface area contributed by atoms with Crippen LogP contribution in [0.5, 0.6) is 0 Å². The van der Waals surface area contributed by atoms with Crippen LogP contribution in [0.3, 0.4) is 0 Å². The first kappa shape index (κ1) is 43.3. The first-order valence-electron chi connectivity index (χ1n) is 19.5. The molecule has 0 bridgehead atoms. The van der Waals surface area contributed by atoms with Gasteiger partial charge in [-0.2, -0.15) is 4.48 Å². The van der Waals surface area contributed by atoms with Gasteiger partial charge in [0.05, 0.1) is 12.8 Å². The maximum absolute atomic E-state index is 13.4. The number of imide groups is 1. The molecule has 0 aliphatic rings. The second-order valence-electron chi connectivity index (χ2n) is 13.4. The molecule has 0 aromatic carbocycles. The number of carbonyl (C=O) groups is 2. The van der Waals surface area contributed by atoms with Crippen molar-refractivity contribution in [2.75, 3.05) is 13.1 Å². The van der Waals surface area contributed by atoms with Crippen LogP contribution >= 0.6 is 0 Å². The summed E-state index contributed by atoms with van der Waals surface area (Å²) in [7, 11) is 0. The van der Waals surface area contributed by atoms with Gasteiger partial charge in [-0.05, 0) is 76.4 Å². The van der Waals surface area contributed by atoms with E-state index in [1.54, 1.807) is 12.2 Å². The molecule has 260 valence electrons. The Morgan fingerprint density at radius 2 is 0.689 bits per heavy atom. The number of hydrogen-bond donors (Lipinski definition) is 0. The molecule has 0 spiro atoms. The normalized spacial score (nSPS) is 12.0. The topological polar surface area (TPSA) is 34.1 Å². The highest BCUT2D eigenvalue weighted by Gasteiger charge is 2.41. The lowest BCUT2D eigenvalue weighted by Gasteiger charge is -2.31. The van der Waals surface area contributed by atoms with E-state index in [4.69, 9.17) is 0 Å². The predicted octanol–water partition coefficient (Wildman–Crippen LogP) is 13.3. The van der Waals surface area contributed by atoms with Crippen molar-refractivity contribution in [3.05, 3.63) is 49.6 Å². The number of hydrogen-bond acceptors (Lipinski definition) is 2. The molecule has 0 saturated carbocycles. The average Bonchev–Trinajstić information content (AvgIpc) is 3.04. The molecule has 0 aromatic rings. The van der Waals surface area contributed by atoms with E-state index in [0.29, 0.717) is 25.9 Å². The van der Waals surface area contributed by atoms with Gasteiger partial charge in [-0.15, -0.1) is 0 Å². The van der Waals surface area contributed by atoms with E-state index >= 15 is 0 Å². The van der Waals surface area contributed by atoms with E-state index in [1.165, 1.54) is 116 Å². The van der Waals surface area contributed by atoms with Crippen molar-refractivity contribution < 1.29 is 14.1 Å². The van der Waals surface area contributed by atoms with Crippen LogP contribution in [0.2, 0.25) is 0 Å². The third-order valence-electron chi connectivity index (χ3n) is 9.14. The van der Waals surface area contributed by atoms with Gasteiger partial charge in [-0.25, -0.2) is 9.59 Å². The summed E-state index contributed by atoms with van der Waals surface area (Å²) in [6.45, 7) is 13.0. The fourth-order valence-electron chi connectivity index (χ4n) is 6.18. The average molecular weight is 627 g/mol. The molecule has 3 nitrogen and oxygen atoms in total. The van der Waals surface area contributed by atoms with Gasteiger partial charge in [0.1, 0.15) is 13.1 Å². The van der Waals surface area contributed by atoms with Crippen LogP contribution in [0.4, 0.5) is 0 Å². The highest BCUT2D eigenvalue weighted by molar-refractivity contribution is 5.85. The summed E-state index contributed by atoms with van der Waals surface area (Å²) in [5, 5.41) is 0. The zero-order chi connectivity index (χ0) is 33.1. The molecule has 0 saturated heterocycles. The number of carbonyl (C=O) groups excluding carboxylic acids is 2. The standard InChI is InChI=1S/C42H76NO2/c1-5-9-11-13-15-17-19-21-23-25-27-29-31-33-35-37-41(44)43(39-7-3,40-8-4)42(45)38-36-34-32-30-28-26-24-22-20-18-16-14-12-10-6-2/h7-8,21-24H,3-6,9-20,25-40H2,1-2H3/q+1. The minimum absolute atomic E-state index is 0.0465. The molecule has 0 aliphatic heterocycles. The van der Waals surface area contributed by atoms with E-state index in [2.05, 4.69) is 51.3 Å². The number of quaternary nitrogens is 1. The smallest absolute Gasteiger partial charge is 0.230 e. The maximum Gasteiger partial charge on any atom is 0.321 e. The maximum atomic E-state index is 13.4. The van der Waals surface area contributed by atoms with Crippen LogP contribution in [-0.4, -0.2) is 29.4 Å². The quantitative estimate of drug-likeness (QED) is 0.0404. The van der Waals surface area contributed by atoms with Gasteiger partial charge in [0.2, 0.25) is 0 Å². The zero-order valence-electron chi connectivity index (χ0n) is 30.4. The summed E-state index contributed by atoms with van der Waals surface area (Å²) in [6, 6.07) is 0. The lowest BCUT2D eigenvalue weighted by Crippen LogP contribution is -2.57. The lowest BCUT2D eigenvalue weighted by atomic mass is 10.1. The van der Waals surface area contributed by atoms with Crippen LogP contribution in [0.15, 0.2) is 49.6 Å². The van der Waals surface area contributed by atoms with Crippen molar-refractivity contribution in [3.8, 4) is 0 Å². The Labute approximate surface area is 281 Å². The molecule has 45 heavy (non-hydrogen) atoms. The van der Waals surface area contributed by atoms with Crippen molar-refractivity contribution in [3.63, 3.8) is 0 Å². The molecule has 0 N–H and O–H groups in total. The van der Waals surface area contributed by atoms with Crippen LogP contribution in [0.1, 0.15) is 194 Å².